The molecule has 0 amide bonds. The summed E-state index contributed by atoms with van der Waals surface area (Å²) in [6.45, 7) is 1.48. The molecule has 0 bridgehead atoms. The van der Waals surface area contributed by atoms with Gasteiger partial charge in [0, 0.05) is 42.7 Å². The lowest BCUT2D eigenvalue weighted by atomic mass is 10.1. The normalized spacial score (nSPS) is 11.7. The summed E-state index contributed by atoms with van der Waals surface area (Å²) in [5.74, 6) is 4.24. The van der Waals surface area contributed by atoms with Crippen molar-refractivity contribution in [3.63, 3.8) is 0 Å². The molecule has 0 spiro atoms. The molecular formula is C29H28N2O5. The van der Waals surface area contributed by atoms with Crippen molar-refractivity contribution in [2.24, 2.45) is 0 Å². The zero-order valence-electron chi connectivity index (χ0n) is 20.2. The summed E-state index contributed by atoms with van der Waals surface area (Å²) in [6.07, 6.45) is 0. The average molecular weight is 485 g/mol. The summed E-state index contributed by atoms with van der Waals surface area (Å²) in [5.41, 5.74) is 3.95. The molecule has 0 aromatic heterocycles. The summed E-state index contributed by atoms with van der Waals surface area (Å²) in [4.78, 5) is 0. The summed E-state index contributed by atoms with van der Waals surface area (Å²) < 4.78 is 28.4. The molecule has 36 heavy (non-hydrogen) atoms. The predicted molar refractivity (Wildman–Crippen MR) is 139 cm³/mol. The van der Waals surface area contributed by atoms with Crippen LogP contribution in [0.3, 0.4) is 0 Å². The van der Waals surface area contributed by atoms with Crippen molar-refractivity contribution < 1.29 is 23.7 Å². The fourth-order valence-electron chi connectivity index (χ4n) is 4.04. The number of hydrogen-bond acceptors (Lipinski definition) is 7. The zero-order chi connectivity index (χ0) is 24.7. The lowest BCUT2D eigenvalue weighted by Crippen LogP contribution is -2.14. The van der Waals surface area contributed by atoms with Crippen LogP contribution in [0.2, 0.25) is 0 Å². The Balaban J connectivity index is 1.28. The van der Waals surface area contributed by atoms with Gasteiger partial charge in [0.1, 0.15) is 23.0 Å². The van der Waals surface area contributed by atoms with Crippen LogP contribution in [-0.2, 0) is 13.1 Å². The van der Waals surface area contributed by atoms with Gasteiger partial charge in [-0.1, -0.05) is 30.3 Å². The minimum Gasteiger partial charge on any atom is -0.496 e. The lowest BCUT2D eigenvalue weighted by Gasteiger charge is -2.17. The van der Waals surface area contributed by atoms with Gasteiger partial charge in [0.05, 0.1) is 19.8 Å². The van der Waals surface area contributed by atoms with Crippen LogP contribution in [0.5, 0.6) is 34.5 Å². The van der Waals surface area contributed by atoms with E-state index in [1.807, 2.05) is 84.9 Å². The minimum absolute atomic E-state index is 0.267. The summed E-state index contributed by atoms with van der Waals surface area (Å²) >= 11 is 0. The van der Waals surface area contributed by atoms with Crippen LogP contribution in [0.15, 0.2) is 84.9 Å². The van der Waals surface area contributed by atoms with Crippen molar-refractivity contribution in [1.29, 1.82) is 0 Å². The van der Waals surface area contributed by atoms with E-state index in [4.69, 9.17) is 23.7 Å². The maximum absolute atomic E-state index is 6.17. The van der Waals surface area contributed by atoms with Crippen LogP contribution in [0.4, 0.5) is 11.4 Å². The number of benzene rings is 4. The van der Waals surface area contributed by atoms with Crippen LogP contribution in [-0.4, -0.2) is 21.0 Å². The number of para-hydroxylation sites is 1. The topological polar surface area (TPSA) is 70.2 Å². The van der Waals surface area contributed by atoms with Gasteiger partial charge in [0.25, 0.3) is 0 Å². The van der Waals surface area contributed by atoms with Crippen molar-refractivity contribution >= 4 is 11.4 Å². The zero-order valence-corrected chi connectivity index (χ0v) is 20.2. The number of fused-ring (bicyclic) bond motifs is 1. The molecule has 0 unspecified atom stereocenters. The number of ether oxygens (including phenoxy) is 5. The number of methoxy groups -OCH3 is 2. The SMILES string of the molecule is COc1cc(Oc2cccc(Nc3ccccc3)c2)cc(OC)c1CNCc1ccc2c(c1)OCO2. The molecule has 7 nitrogen and oxygen atoms in total. The smallest absolute Gasteiger partial charge is 0.231 e. The Morgan fingerprint density at radius 3 is 2.22 bits per heavy atom. The van der Waals surface area contributed by atoms with Gasteiger partial charge in [-0.2, -0.15) is 0 Å². The van der Waals surface area contributed by atoms with Crippen molar-refractivity contribution in [3.05, 3.63) is 96.1 Å². The molecule has 0 atom stereocenters. The highest BCUT2D eigenvalue weighted by molar-refractivity contribution is 5.61. The first-order valence-corrected chi connectivity index (χ1v) is 11.7. The second-order valence-electron chi connectivity index (χ2n) is 8.22. The van der Waals surface area contributed by atoms with E-state index in [2.05, 4.69) is 10.6 Å². The molecule has 7 heteroatoms. The standard InChI is InChI=1S/C29H28N2O5/c1-32-27-15-24(36-23-10-6-9-22(14-23)31-21-7-4-3-5-8-21)16-28(33-2)25(27)18-30-17-20-11-12-26-29(13-20)35-19-34-26/h3-16,30-31H,17-19H2,1-2H3. The van der Waals surface area contributed by atoms with Crippen molar-refractivity contribution in [2.75, 3.05) is 26.3 Å². The van der Waals surface area contributed by atoms with Gasteiger partial charge in [-0.3, -0.25) is 0 Å². The van der Waals surface area contributed by atoms with Gasteiger partial charge >= 0.3 is 0 Å². The molecule has 5 rings (SSSR count). The van der Waals surface area contributed by atoms with Crippen molar-refractivity contribution in [2.45, 2.75) is 13.1 Å². The Morgan fingerprint density at radius 2 is 1.44 bits per heavy atom. The fourth-order valence-corrected chi connectivity index (χ4v) is 4.04. The van der Waals surface area contributed by atoms with E-state index >= 15 is 0 Å². The first kappa shape index (κ1) is 23.4. The van der Waals surface area contributed by atoms with Gasteiger partial charge in [0.15, 0.2) is 11.5 Å². The highest BCUT2D eigenvalue weighted by atomic mass is 16.7. The first-order valence-electron chi connectivity index (χ1n) is 11.7. The van der Waals surface area contributed by atoms with Crippen molar-refractivity contribution in [1.82, 2.24) is 5.32 Å². The van der Waals surface area contributed by atoms with Crippen LogP contribution >= 0.6 is 0 Å². The fraction of sp³-hybridized carbons (Fsp3) is 0.172. The van der Waals surface area contributed by atoms with Crippen LogP contribution in [0.25, 0.3) is 0 Å². The highest BCUT2D eigenvalue weighted by Crippen LogP contribution is 2.37. The third-order valence-corrected chi connectivity index (χ3v) is 5.78. The first-order chi connectivity index (χ1) is 17.7. The van der Waals surface area contributed by atoms with E-state index in [0.717, 1.165) is 34.0 Å². The molecule has 184 valence electrons. The van der Waals surface area contributed by atoms with E-state index in [1.54, 1.807) is 14.2 Å². The minimum atomic E-state index is 0.267. The quantitative estimate of drug-likeness (QED) is 0.275. The predicted octanol–water partition coefficient (Wildman–Crippen LogP) is 6.26. The molecule has 0 aliphatic carbocycles. The van der Waals surface area contributed by atoms with Crippen LogP contribution in [0, 0.1) is 0 Å². The van der Waals surface area contributed by atoms with E-state index in [-0.39, 0.29) is 6.79 Å². The molecular weight excluding hydrogens is 456 g/mol. The number of nitrogens with one attached hydrogen (secondary N) is 2. The molecule has 1 aliphatic rings. The maximum Gasteiger partial charge on any atom is 0.231 e. The molecule has 0 saturated carbocycles. The summed E-state index contributed by atoms with van der Waals surface area (Å²) in [7, 11) is 3.29. The largest absolute Gasteiger partial charge is 0.496 e. The van der Waals surface area contributed by atoms with Crippen LogP contribution < -0.4 is 34.3 Å². The number of anilines is 2. The van der Waals surface area contributed by atoms with Gasteiger partial charge in [-0.05, 0) is 42.0 Å². The van der Waals surface area contributed by atoms with E-state index in [1.165, 1.54) is 0 Å². The van der Waals surface area contributed by atoms with Gasteiger partial charge in [0.2, 0.25) is 6.79 Å². The Morgan fingerprint density at radius 1 is 0.694 bits per heavy atom. The lowest BCUT2D eigenvalue weighted by molar-refractivity contribution is 0.174. The molecule has 4 aromatic carbocycles. The van der Waals surface area contributed by atoms with E-state index in [9.17, 15) is 0 Å². The second kappa shape index (κ2) is 10.9. The van der Waals surface area contributed by atoms with Gasteiger partial charge in [-0.25, -0.2) is 0 Å². The molecule has 4 aromatic rings. The summed E-state index contributed by atoms with van der Waals surface area (Å²) in [5, 5.41) is 6.84. The summed E-state index contributed by atoms with van der Waals surface area (Å²) in [6, 6.07) is 27.5. The number of rotatable bonds is 10. The monoisotopic (exact) mass is 484 g/mol. The Hall–Kier alpha value is -4.36. The Kier molecular flexibility index (Phi) is 7.10. The molecule has 1 heterocycles. The Bertz CT molecular complexity index is 1300. The molecule has 0 fully saturated rings. The molecule has 2 N–H and O–H groups in total. The van der Waals surface area contributed by atoms with Crippen LogP contribution in [0.1, 0.15) is 11.1 Å². The van der Waals surface area contributed by atoms with E-state index < -0.39 is 0 Å². The second-order valence-corrected chi connectivity index (χ2v) is 8.22. The highest BCUT2D eigenvalue weighted by Gasteiger charge is 2.16. The van der Waals surface area contributed by atoms with Crippen molar-refractivity contribution in [3.8, 4) is 34.5 Å². The molecule has 0 saturated heterocycles. The van der Waals surface area contributed by atoms with Gasteiger partial charge < -0.3 is 34.3 Å². The Labute approximate surface area is 210 Å². The van der Waals surface area contributed by atoms with Gasteiger partial charge in [-0.15, -0.1) is 0 Å². The third kappa shape index (κ3) is 5.47. The maximum atomic E-state index is 6.17. The third-order valence-electron chi connectivity index (χ3n) is 5.78. The number of hydrogen-bond donors (Lipinski definition) is 2. The van der Waals surface area contributed by atoms with E-state index in [0.29, 0.717) is 36.1 Å². The average Bonchev–Trinajstić information content (AvgIpc) is 3.38. The molecule has 1 aliphatic heterocycles. The molecule has 0 radical (unpaired) electrons.